The van der Waals surface area contributed by atoms with Gasteiger partial charge >= 0.3 is 0 Å². The van der Waals surface area contributed by atoms with Gasteiger partial charge in [-0.05, 0) is 19.1 Å². The third-order valence-corrected chi connectivity index (χ3v) is 2.95. The second-order valence-corrected chi connectivity index (χ2v) is 4.44. The number of rotatable bonds is 4. The molecule has 1 aromatic heterocycles. The topological polar surface area (TPSA) is 58.4 Å². The fourth-order valence-electron chi connectivity index (χ4n) is 1.91. The highest BCUT2D eigenvalue weighted by atomic mass is 16.3. The van der Waals surface area contributed by atoms with Crippen LogP contribution in [0.5, 0.6) is 0 Å². The minimum Gasteiger partial charge on any atom is -0.395 e. The molecule has 0 unspecified atom stereocenters. The Balaban J connectivity index is 2.43. The number of hydrogen-bond donors (Lipinski definition) is 1. The van der Waals surface area contributed by atoms with Crippen LogP contribution in [-0.2, 0) is 0 Å². The molecule has 0 bridgehead atoms. The monoisotopic (exact) mass is 259 g/mol. The molecular weight excluding hydrogens is 242 g/mol. The fourth-order valence-corrected chi connectivity index (χ4v) is 1.91. The van der Waals surface area contributed by atoms with Gasteiger partial charge in [0, 0.05) is 26.0 Å². The van der Waals surface area contributed by atoms with Crippen LogP contribution in [0.25, 0.3) is 5.69 Å². The van der Waals surface area contributed by atoms with Gasteiger partial charge < -0.3 is 14.6 Å². The summed E-state index contributed by atoms with van der Waals surface area (Å²) in [7, 11) is 1.68. The summed E-state index contributed by atoms with van der Waals surface area (Å²) in [5.41, 5.74) is 2.41. The zero-order chi connectivity index (χ0) is 13.8. The number of carbonyl (C=O) groups excluding carboxylic acids is 1. The molecule has 100 valence electrons. The molecule has 2 rings (SSSR count). The molecule has 5 nitrogen and oxygen atoms in total. The number of aliphatic hydroxyl groups excluding tert-OH is 1. The van der Waals surface area contributed by atoms with E-state index >= 15 is 0 Å². The quantitative estimate of drug-likeness (QED) is 0.899. The molecule has 1 N–H and O–H groups in total. The maximum Gasteiger partial charge on any atom is 0.255 e. The maximum absolute atomic E-state index is 12.4. The largest absolute Gasteiger partial charge is 0.395 e. The SMILES string of the molecule is Cc1ccc(-n2ccnc2)c(C(=O)N(C)CCO)c1. The second kappa shape index (κ2) is 5.67. The van der Waals surface area contributed by atoms with E-state index < -0.39 is 0 Å². The number of aryl methyl sites for hydroxylation is 1. The van der Waals surface area contributed by atoms with E-state index in [4.69, 9.17) is 5.11 Å². The summed E-state index contributed by atoms with van der Waals surface area (Å²) in [6, 6.07) is 5.71. The maximum atomic E-state index is 12.4. The average Bonchev–Trinajstić information content (AvgIpc) is 2.92. The molecule has 5 heteroatoms. The van der Waals surface area contributed by atoms with Crippen molar-refractivity contribution in [3.63, 3.8) is 0 Å². The van der Waals surface area contributed by atoms with Crippen LogP contribution in [0.1, 0.15) is 15.9 Å². The van der Waals surface area contributed by atoms with E-state index in [1.165, 1.54) is 4.90 Å². The Bertz CT molecular complexity index is 564. The van der Waals surface area contributed by atoms with Crippen LogP contribution in [0, 0.1) is 6.92 Å². The number of aromatic nitrogens is 2. The first-order valence-electron chi connectivity index (χ1n) is 6.09. The van der Waals surface area contributed by atoms with Gasteiger partial charge in [0.2, 0.25) is 0 Å². The van der Waals surface area contributed by atoms with Crippen LogP contribution >= 0.6 is 0 Å². The van der Waals surface area contributed by atoms with Gasteiger partial charge in [-0.25, -0.2) is 4.98 Å². The minimum atomic E-state index is -0.110. The summed E-state index contributed by atoms with van der Waals surface area (Å²) in [4.78, 5) is 17.9. The van der Waals surface area contributed by atoms with Crippen molar-refractivity contribution in [1.82, 2.24) is 14.5 Å². The second-order valence-electron chi connectivity index (χ2n) is 4.44. The molecule has 0 fully saturated rings. The van der Waals surface area contributed by atoms with Gasteiger partial charge in [0.1, 0.15) is 0 Å². The van der Waals surface area contributed by atoms with Gasteiger partial charge in [-0.15, -0.1) is 0 Å². The first kappa shape index (κ1) is 13.3. The van der Waals surface area contributed by atoms with E-state index in [-0.39, 0.29) is 12.5 Å². The van der Waals surface area contributed by atoms with Crippen LogP contribution in [0.4, 0.5) is 0 Å². The molecule has 0 spiro atoms. The molecule has 0 aliphatic heterocycles. The normalized spacial score (nSPS) is 10.5. The van der Waals surface area contributed by atoms with Crippen LogP contribution in [0.15, 0.2) is 36.9 Å². The first-order valence-corrected chi connectivity index (χ1v) is 6.09. The Morgan fingerprint density at radius 2 is 2.26 bits per heavy atom. The number of hydrogen-bond acceptors (Lipinski definition) is 3. The van der Waals surface area contributed by atoms with E-state index in [2.05, 4.69) is 4.98 Å². The van der Waals surface area contributed by atoms with Gasteiger partial charge in [-0.2, -0.15) is 0 Å². The highest BCUT2D eigenvalue weighted by Gasteiger charge is 2.16. The standard InChI is InChI=1S/C14H17N3O2/c1-11-3-4-13(17-6-5-15-10-17)12(9-11)14(19)16(2)7-8-18/h3-6,9-10,18H,7-8H2,1-2H3. The van der Waals surface area contributed by atoms with Crippen molar-refractivity contribution < 1.29 is 9.90 Å². The highest BCUT2D eigenvalue weighted by molar-refractivity contribution is 5.97. The summed E-state index contributed by atoms with van der Waals surface area (Å²) >= 11 is 0. The molecule has 0 radical (unpaired) electrons. The smallest absolute Gasteiger partial charge is 0.255 e. The summed E-state index contributed by atoms with van der Waals surface area (Å²) in [6.45, 7) is 2.21. The van der Waals surface area contributed by atoms with Gasteiger partial charge in [0.25, 0.3) is 5.91 Å². The number of benzene rings is 1. The van der Waals surface area contributed by atoms with Crippen LogP contribution < -0.4 is 0 Å². The van der Waals surface area contributed by atoms with E-state index in [0.29, 0.717) is 12.1 Å². The molecule has 0 saturated heterocycles. The molecule has 2 aromatic rings. The van der Waals surface area contributed by atoms with E-state index in [1.807, 2.05) is 25.1 Å². The first-order chi connectivity index (χ1) is 9.13. The lowest BCUT2D eigenvalue weighted by Crippen LogP contribution is -2.30. The highest BCUT2D eigenvalue weighted by Crippen LogP contribution is 2.18. The summed E-state index contributed by atoms with van der Waals surface area (Å²) in [6.07, 6.45) is 5.13. The Hall–Kier alpha value is -2.14. The summed E-state index contributed by atoms with van der Waals surface area (Å²) in [5, 5.41) is 8.93. The molecule has 1 heterocycles. The van der Waals surface area contributed by atoms with Crippen molar-refractivity contribution in [2.75, 3.05) is 20.2 Å². The molecule has 1 aromatic carbocycles. The zero-order valence-electron chi connectivity index (χ0n) is 11.1. The summed E-state index contributed by atoms with van der Waals surface area (Å²) in [5.74, 6) is -0.110. The number of amides is 1. The van der Waals surface area contributed by atoms with Crippen LogP contribution in [0.2, 0.25) is 0 Å². The lowest BCUT2D eigenvalue weighted by molar-refractivity contribution is 0.0767. The Morgan fingerprint density at radius 3 is 2.89 bits per heavy atom. The van der Waals surface area contributed by atoms with Crippen molar-refractivity contribution in [3.05, 3.63) is 48.0 Å². The van der Waals surface area contributed by atoms with Crippen molar-refractivity contribution in [2.24, 2.45) is 0 Å². The number of aliphatic hydroxyl groups is 1. The number of carbonyl (C=O) groups is 1. The molecule has 0 aliphatic carbocycles. The van der Waals surface area contributed by atoms with Gasteiger partial charge in [0.05, 0.1) is 24.2 Å². The Kier molecular flexibility index (Phi) is 3.97. The van der Waals surface area contributed by atoms with Crippen molar-refractivity contribution in [3.8, 4) is 5.69 Å². The Labute approximate surface area is 112 Å². The van der Waals surface area contributed by atoms with Crippen molar-refractivity contribution in [1.29, 1.82) is 0 Å². The van der Waals surface area contributed by atoms with Crippen molar-refractivity contribution >= 4 is 5.91 Å². The lowest BCUT2D eigenvalue weighted by Gasteiger charge is -2.18. The lowest BCUT2D eigenvalue weighted by atomic mass is 10.1. The van der Waals surface area contributed by atoms with Crippen LogP contribution in [-0.4, -0.2) is 45.7 Å². The van der Waals surface area contributed by atoms with Crippen LogP contribution in [0.3, 0.4) is 0 Å². The van der Waals surface area contributed by atoms with Crippen molar-refractivity contribution in [2.45, 2.75) is 6.92 Å². The Morgan fingerprint density at radius 1 is 1.47 bits per heavy atom. The third-order valence-electron chi connectivity index (χ3n) is 2.95. The molecule has 0 saturated carbocycles. The number of imidazole rings is 1. The van der Waals surface area contributed by atoms with Gasteiger partial charge in [-0.1, -0.05) is 11.6 Å². The van der Waals surface area contributed by atoms with E-state index in [0.717, 1.165) is 11.3 Å². The molecule has 19 heavy (non-hydrogen) atoms. The third kappa shape index (κ3) is 2.82. The fraction of sp³-hybridized carbons (Fsp3) is 0.286. The molecule has 0 aliphatic rings. The number of likely N-dealkylation sites (N-methyl/N-ethyl adjacent to an activating group) is 1. The van der Waals surface area contributed by atoms with Gasteiger partial charge in [-0.3, -0.25) is 4.79 Å². The van der Waals surface area contributed by atoms with Gasteiger partial charge in [0.15, 0.2) is 0 Å². The molecular formula is C14H17N3O2. The number of nitrogens with zero attached hydrogens (tertiary/aromatic N) is 3. The molecule has 1 amide bonds. The van der Waals surface area contributed by atoms with E-state index in [9.17, 15) is 4.79 Å². The summed E-state index contributed by atoms with van der Waals surface area (Å²) < 4.78 is 1.81. The minimum absolute atomic E-state index is 0.0472. The predicted molar refractivity (Wildman–Crippen MR) is 72.3 cm³/mol. The predicted octanol–water partition coefficient (Wildman–Crippen LogP) is 1.25. The zero-order valence-corrected chi connectivity index (χ0v) is 11.1. The van der Waals surface area contributed by atoms with E-state index in [1.54, 1.807) is 30.3 Å². The average molecular weight is 259 g/mol. The molecule has 0 atom stereocenters.